The maximum absolute atomic E-state index is 13.2. The van der Waals surface area contributed by atoms with Gasteiger partial charge in [-0.2, -0.15) is 0 Å². The van der Waals surface area contributed by atoms with Crippen LogP contribution >= 0.6 is 11.6 Å². The number of rotatable bonds is 3. The zero-order valence-electron chi connectivity index (χ0n) is 14.0. The van der Waals surface area contributed by atoms with Crippen LogP contribution in [0.25, 0.3) is 0 Å². The molecule has 2 heterocycles. The van der Waals surface area contributed by atoms with Crippen molar-refractivity contribution in [2.24, 2.45) is 0 Å². The van der Waals surface area contributed by atoms with E-state index >= 15 is 0 Å². The van der Waals surface area contributed by atoms with E-state index < -0.39 is 21.9 Å². The molecule has 136 valence electrons. The van der Waals surface area contributed by atoms with Crippen molar-refractivity contribution >= 4 is 38.8 Å². The van der Waals surface area contributed by atoms with Gasteiger partial charge in [0.25, 0.3) is 0 Å². The lowest BCUT2D eigenvalue weighted by molar-refractivity contribution is 0.255. The first-order chi connectivity index (χ1) is 12.4. The maximum atomic E-state index is 13.2. The van der Waals surface area contributed by atoms with E-state index in [1.54, 1.807) is 60.5 Å². The Bertz CT molecular complexity index is 979. The molecule has 0 N–H and O–H groups in total. The van der Waals surface area contributed by atoms with Crippen molar-refractivity contribution in [1.29, 1.82) is 0 Å². The van der Waals surface area contributed by atoms with Crippen LogP contribution in [0.2, 0.25) is 5.02 Å². The highest BCUT2D eigenvalue weighted by atomic mass is 35.5. The van der Waals surface area contributed by atoms with Gasteiger partial charge in [-0.3, -0.25) is 9.80 Å². The number of anilines is 2. The summed E-state index contributed by atoms with van der Waals surface area (Å²) >= 11 is 6.29. The smallest absolute Gasteiger partial charge is 0.329 e. The summed E-state index contributed by atoms with van der Waals surface area (Å²) in [5.41, 5.74) is 1.13. The summed E-state index contributed by atoms with van der Waals surface area (Å²) in [5.74, 6) is 0.459. The van der Waals surface area contributed by atoms with Crippen molar-refractivity contribution < 1.29 is 17.9 Å². The number of hydrogen-bond donors (Lipinski definition) is 0. The van der Waals surface area contributed by atoms with Crippen LogP contribution in [-0.4, -0.2) is 45.1 Å². The molecule has 2 saturated heterocycles. The molecule has 0 aromatic heterocycles. The lowest BCUT2D eigenvalue weighted by Crippen LogP contribution is -2.38. The molecule has 8 heteroatoms. The first-order valence-corrected chi connectivity index (χ1v) is 10.3. The van der Waals surface area contributed by atoms with Crippen molar-refractivity contribution in [3.05, 3.63) is 53.6 Å². The number of benzene rings is 2. The van der Waals surface area contributed by atoms with Gasteiger partial charge >= 0.3 is 6.03 Å². The number of nitrogens with zero attached hydrogens (tertiary/aromatic N) is 2. The predicted molar refractivity (Wildman–Crippen MR) is 101 cm³/mol. The van der Waals surface area contributed by atoms with E-state index in [0.29, 0.717) is 22.1 Å². The molecule has 2 aliphatic heterocycles. The largest absolute Gasteiger partial charge is 0.497 e. The third kappa shape index (κ3) is 2.71. The predicted octanol–water partition coefficient (Wildman–Crippen LogP) is 2.96. The lowest BCUT2D eigenvalue weighted by Gasteiger charge is -2.23. The first-order valence-electron chi connectivity index (χ1n) is 8.13. The number of ether oxygens (including phenoxy) is 1. The number of sulfone groups is 1. The Morgan fingerprint density at radius 1 is 1.04 bits per heavy atom. The van der Waals surface area contributed by atoms with E-state index in [-0.39, 0.29) is 17.5 Å². The number of hydrogen-bond acceptors (Lipinski definition) is 4. The van der Waals surface area contributed by atoms with Gasteiger partial charge in [-0.25, -0.2) is 13.2 Å². The second-order valence-corrected chi connectivity index (χ2v) is 8.95. The molecule has 2 aromatic carbocycles. The molecule has 0 saturated carbocycles. The Balaban J connectivity index is 1.83. The fourth-order valence-electron chi connectivity index (χ4n) is 3.69. The van der Waals surface area contributed by atoms with Gasteiger partial charge in [0, 0.05) is 11.8 Å². The number of halogens is 1. The molecular formula is C18H17ClN2O4S. The fraction of sp³-hybridized carbons (Fsp3) is 0.278. The van der Waals surface area contributed by atoms with Crippen molar-refractivity contribution in [2.45, 2.75) is 12.1 Å². The summed E-state index contributed by atoms with van der Waals surface area (Å²) in [7, 11) is -1.70. The number of fused-ring (bicyclic) bond motifs is 1. The number of para-hydroxylation sites is 1. The van der Waals surface area contributed by atoms with Crippen LogP contribution in [0.1, 0.15) is 0 Å². The minimum absolute atomic E-state index is 0.0679. The Kier molecular flexibility index (Phi) is 4.08. The molecule has 0 spiro atoms. The minimum Gasteiger partial charge on any atom is -0.497 e. The number of amides is 2. The molecule has 4 rings (SSSR count). The third-order valence-corrected chi connectivity index (χ3v) is 6.83. The van der Waals surface area contributed by atoms with Crippen LogP contribution in [0, 0.1) is 0 Å². The summed E-state index contributed by atoms with van der Waals surface area (Å²) in [6.07, 6.45) is 0. The molecule has 2 amide bonds. The van der Waals surface area contributed by atoms with Gasteiger partial charge in [-0.05, 0) is 24.3 Å². The van der Waals surface area contributed by atoms with Crippen LogP contribution in [0.5, 0.6) is 5.75 Å². The van der Waals surface area contributed by atoms with E-state index in [2.05, 4.69) is 0 Å². The zero-order chi connectivity index (χ0) is 18.5. The number of urea groups is 1. The van der Waals surface area contributed by atoms with Gasteiger partial charge in [0.1, 0.15) is 5.75 Å². The molecule has 0 radical (unpaired) electrons. The van der Waals surface area contributed by atoms with Gasteiger partial charge in [0.05, 0.1) is 41.4 Å². The highest BCUT2D eigenvalue weighted by Crippen LogP contribution is 2.40. The molecule has 0 aliphatic carbocycles. The molecular weight excluding hydrogens is 376 g/mol. The SMILES string of the molecule is COc1cccc(N2C(=O)N(c3ccccc3Cl)[C@@H]3CS(=O)(=O)C[C@H]32)c1. The molecule has 26 heavy (non-hydrogen) atoms. The standard InChI is InChI=1S/C18H17ClN2O4S/c1-25-13-6-4-5-12(9-13)20-16-10-26(23,24)11-17(16)21(18(20)22)15-8-3-2-7-14(15)19/h2-9,16-17H,10-11H2,1H3/t16-,17-/m1/s1. The summed E-state index contributed by atoms with van der Waals surface area (Å²) in [5, 5.41) is 0.413. The second kappa shape index (κ2) is 6.17. The lowest BCUT2D eigenvalue weighted by atomic mass is 10.1. The van der Waals surface area contributed by atoms with Crippen molar-refractivity contribution in [1.82, 2.24) is 0 Å². The Labute approximate surface area is 156 Å². The van der Waals surface area contributed by atoms with Crippen LogP contribution < -0.4 is 14.5 Å². The summed E-state index contributed by atoms with van der Waals surface area (Å²) in [6, 6.07) is 12.8. The Hall–Kier alpha value is -2.25. The van der Waals surface area contributed by atoms with Crippen molar-refractivity contribution in [3.63, 3.8) is 0 Å². The molecule has 0 bridgehead atoms. The van der Waals surface area contributed by atoms with Gasteiger partial charge in [0.15, 0.2) is 9.84 Å². The minimum atomic E-state index is -3.25. The van der Waals surface area contributed by atoms with Crippen molar-refractivity contribution in [3.8, 4) is 5.75 Å². The molecule has 2 fully saturated rings. The van der Waals surface area contributed by atoms with Crippen LogP contribution in [0.3, 0.4) is 0 Å². The molecule has 2 atom stereocenters. The Morgan fingerprint density at radius 3 is 2.42 bits per heavy atom. The van der Waals surface area contributed by atoms with E-state index in [0.717, 1.165) is 0 Å². The number of carbonyl (C=O) groups is 1. The maximum Gasteiger partial charge on any atom is 0.329 e. The highest BCUT2D eigenvalue weighted by Gasteiger charge is 2.54. The van der Waals surface area contributed by atoms with Gasteiger partial charge < -0.3 is 4.74 Å². The topological polar surface area (TPSA) is 66.9 Å². The average Bonchev–Trinajstić information content (AvgIpc) is 3.04. The summed E-state index contributed by atoms with van der Waals surface area (Å²) in [4.78, 5) is 16.3. The average molecular weight is 393 g/mol. The van der Waals surface area contributed by atoms with Gasteiger partial charge in [-0.1, -0.05) is 29.8 Å². The first kappa shape index (κ1) is 17.2. The molecule has 2 aliphatic rings. The van der Waals surface area contributed by atoms with E-state index in [9.17, 15) is 13.2 Å². The molecule has 0 unspecified atom stereocenters. The summed E-state index contributed by atoms with van der Waals surface area (Å²) < 4.78 is 29.8. The number of carbonyl (C=O) groups excluding carboxylic acids is 1. The summed E-state index contributed by atoms with van der Waals surface area (Å²) in [6.45, 7) is 0. The van der Waals surface area contributed by atoms with E-state index in [4.69, 9.17) is 16.3 Å². The fourth-order valence-corrected chi connectivity index (χ4v) is 5.84. The van der Waals surface area contributed by atoms with Crippen LogP contribution in [0.15, 0.2) is 48.5 Å². The quantitative estimate of drug-likeness (QED) is 0.753. The van der Waals surface area contributed by atoms with Crippen molar-refractivity contribution in [2.75, 3.05) is 28.4 Å². The van der Waals surface area contributed by atoms with Crippen LogP contribution in [0.4, 0.5) is 16.2 Å². The molecule has 6 nitrogen and oxygen atoms in total. The van der Waals surface area contributed by atoms with Gasteiger partial charge in [-0.15, -0.1) is 0 Å². The van der Waals surface area contributed by atoms with E-state index in [1.807, 2.05) is 0 Å². The third-order valence-electron chi connectivity index (χ3n) is 4.81. The normalized spacial score (nSPS) is 24.0. The molecule has 2 aromatic rings. The second-order valence-electron chi connectivity index (χ2n) is 6.39. The Morgan fingerprint density at radius 2 is 1.73 bits per heavy atom. The number of methoxy groups -OCH3 is 1. The zero-order valence-corrected chi connectivity index (χ0v) is 15.6. The van der Waals surface area contributed by atoms with Crippen LogP contribution in [-0.2, 0) is 9.84 Å². The highest BCUT2D eigenvalue weighted by molar-refractivity contribution is 7.91. The van der Waals surface area contributed by atoms with E-state index in [1.165, 1.54) is 4.90 Å². The van der Waals surface area contributed by atoms with Gasteiger partial charge in [0.2, 0.25) is 0 Å². The monoisotopic (exact) mass is 392 g/mol.